The quantitative estimate of drug-likeness (QED) is 0.0311. The molecule has 18 heteroatoms. The first-order chi connectivity index (χ1) is 53.3. The molecule has 4 aromatic carbocycles. The maximum absolute atomic E-state index is 11.5. The molecule has 0 saturated heterocycles. The zero-order valence-corrected chi connectivity index (χ0v) is 72.8. The molecule has 115 heavy (non-hydrogen) atoms. The number of rotatable bonds is 19. The molecule has 4 aromatic rings. The second kappa shape index (κ2) is 35.5. The number of aromatic hydroxyl groups is 5. The first-order valence-electron chi connectivity index (χ1n) is 41.7. The minimum absolute atomic E-state index is 0.00985. The first-order valence-corrected chi connectivity index (χ1v) is 41.7. The van der Waals surface area contributed by atoms with Crippen LogP contribution in [0.5, 0.6) is 46.0 Å². The van der Waals surface area contributed by atoms with Crippen LogP contribution >= 0.6 is 0 Å². The summed E-state index contributed by atoms with van der Waals surface area (Å²) < 4.78 is 24.5. The van der Waals surface area contributed by atoms with Crippen LogP contribution in [0.1, 0.15) is 313 Å². The highest BCUT2D eigenvalue weighted by atomic mass is 16.5. The number of aromatic carboxylic acids is 4. The van der Waals surface area contributed by atoms with Gasteiger partial charge in [0.25, 0.3) is 0 Å². The summed E-state index contributed by atoms with van der Waals surface area (Å²) in [4.78, 5) is 57.2. The fraction of sp³-hybridized carbons (Fsp3) is 0.577. The number of phenols is 5. The molecule has 0 radical (unpaired) electrons. The van der Waals surface area contributed by atoms with Gasteiger partial charge in [-0.15, -0.1) is 0 Å². The first kappa shape index (κ1) is 91.6. The number of esters is 1. The lowest BCUT2D eigenvalue weighted by molar-refractivity contribution is -0.158. The number of phenolic OH excluding ortho intramolecular Hbond substituents is 1. The molecule has 18 nitrogen and oxygen atoms in total. The van der Waals surface area contributed by atoms with Crippen LogP contribution < -0.4 is 14.2 Å². The Bertz CT molecular complexity index is 4510. The molecule has 0 amide bonds. The van der Waals surface area contributed by atoms with Crippen LogP contribution in [-0.4, -0.2) is 98.7 Å². The van der Waals surface area contributed by atoms with Gasteiger partial charge >= 0.3 is 29.8 Å². The molecule has 4 saturated carbocycles. The van der Waals surface area contributed by atoms with E-state index in [4.69, 9.17) is 18.9 Å². The van der Waals surface area contributed by atoms with Gasteiger partial charge in [0.2, 0.25) is 0 Å². The summed E-state index contributed by atoms with van der Waals surface area (Å²) in [5.74, 6) is 0.728. The van der Waals surface area contributed by atoms with Crippen LogP contribution in [0.3, 0.4) is 0 Å². The van der Waals surface area contributed by atoms with Crippen molar-refractivity contribution in [1.29, 1.82) is 0 Å². The average molecular weight is 1590 g/mol. The summed E-state index contributed by atoms with van der Waals surface area (Å²) in [6, 6.07) is 6.54. The van der Waals surface area contributed by atoms with Crippen LogP contribution in [-0.2, 0) is 16.0 Å². The zero-order valence-electron chi connectivity index (χ0n) is 72.8. The zero-order chi connectivity index (χ0) is 86.1. The average Bonchev–Trinajstić information content (AvgIpc) is 0.725. The van der Waals surface area contributed by atoms with Gasteiger partial charge in [-0.2, -0.15) is 0 Å². The number of carboxylic acid groups (broad SMARTS) is 4. The summed E-state index contributed by atoms with van der Waals surface area (Å²) in [5, 5.41) is 89.2. The molecule has 3 aliphatic heterocycles. The Morgan fingerprint density at radius 3 is 1.15 bits per heavy atom. The maximum Gasteiger partial charge on any atom is 0.339 e. The van der Waals surface area contributed by atoms with Crippen LogP contribution in [0, 0.1) is 103 Å². The van der Waals surface area contributed by atoms with Crippen molar-refractivity contribution in [3.05, 3.63) is 145 Å². The number of allylic oxidation sites excluding steroid dienone is 4. The second-order valence-corrected chi connectivity index (χ2v) is 37.4. The Labute approximate surface area is 683 Å². The summed E-state index contributed by atoms with van der Waals surface area (Å²) >= 11 is 0. The van der Waals surface area contributed by atoms with E-state index < -0.39 is 40.7 Å². The number of hydrogen-bond donors (Lipinski definition) is 9. The molecule has 3 heterocycles. The van der Waals surface area contributed by atoms with E-state index in [0.717, 1.165) is 83.0 Å². The number of ether oxygens (including phenoxy) is 4. The molecule has 0 spiro atoms. The van der Waals surface area contributed by atoms with E-state index in [1.807, 2.05) is 37.3 Å². The van der Waals surface area contributed by atoms with Gasteiger partial charge in [0.05, 0.1) is 16.7 Å². The third-order valence-electron chi connectivity index (χ3n) is 30.2. The predicted octanol–water partition coefficient (Wildman–Crippen LogP) is 23.4. The highest BCUT2D eigenvalue weighted by molar-refractivity contribution is 5.97. The Kier molecular flexibility index (Phi) is 28.3. The molecule has 0 aromatic heterocycles. The number of aryl methyl sites for hydroxylation is 4. The number of carbonyl (C=O) groups is 5. The Balaban J connectivity index is 0.000000192. The highest BCUT2D eigenvalue weighted by Crippen LogP contribution is 2.57. The third-order valence-corrected chi connectivity index (χ3v) is 30.2. The Morgan fingerprint density at radius 1 is 0.443 bits per heavy atom. The van der Waals surface area contributed by atoms with Crippen LogP contribution in [0.15, 0.2) is 78.4 Å². The van der Waals surface area contributed by atoms with Gasteiger partial charge in [-0.05, 0) is 316 Å². The van der Waals surface area contributed by atoms with Crippen LogP contribution in [0.4, 0.5) is 0 Å². The van der Waals surface area contributed by atoms with Crippen LogP contribution in [0.2, 0.25) is 0 Å². The molecule has 630 valence electrons. The molecule has 7 aliphatic rings. The van der Waals surface area contributed by atoms with Gasteiger partial charge < -0.3 is 64.9 Å². The molecule has 4 fully saturated rings. The largest absolute Gasteiger partial charge is 0.508 e. The van der Waals surface area contributed by atoms with Gasteiger partial charge in [-0.3, -0.25) is 4.79 Å². The van der Waals surface area contributed by atoms with Crippen molar-refractivity contribution in [1.82, 2.24) is 0 Å². The Morgan fingerprint density at radius 2 is 0.774 bits per heavy atom. The van der Waals surface area contributed by atoms with Crippen molar-refractivity contribution in [2.75, 3.05) is 0 Å². The fourth-order valence-electron chi connectivity index (χ4n) is 19.6. The fourth-order valence-corrected chi connectivity index (χ4v) is 19.6. The molecule has 17 atom stereocenters. The lowest BCUT2D eigenvalue weighted by atomic mass is 9.56. The second-order valence-electron chi connectivity index (χ2n) is 37.4. The minimum atomic E-state index is -1.19. The highest BCUT2D eigenvalue weighted by Gasteiger charge is 2.49. The smallest absolute Gasteiger partial charge is 0.339 e. The van der Waals surface area contributed by atoms with E-state index in [1.54, 1.807) is 58.0 Å². The summed E-state index contributed by atoms with van der Waals surface area (Å²) in [6.07, 6.45) is 30.0. The van der Waals surface area contributed by atoms with Crippen molar-refractivity contribution in [2.24, 2.45) is 74.9 Å². The van der Waals surface area contributed by atoms with E-state index in [-0.39, 0.29) is 96.2 Å². The third kappa shape index (κ3) is 19.4. The molecule has 11 rings (SSSR count). The minimum Gasteiger partial charge on any atom is -0.508 e. The number of hydrogen-bond acceptors (Lipinski definition) is 14. The van der Waals surface area contributed by atoms with E-state index in [2.05, 4.69) is 124 Å². The standard InChI is InChI=1S/C25H34O6.C24H34O4.C24H32O4.C24H34O4/c1-14-13-20-18(22(27)21(14)23(28)29)9-10-24(5,31-20)11-12-25(6)15(2)7-8-19(16(25)3)30-17(4)26;2*1-14-7-8-16(3)24(6,17(14)4)12-11-23(5)10-9-18-19(28-23)13-15(2)20(21(18)25)22(26)27;1-14(11-12-24(6)17(4)9-8-15(2)18(24)5)7-10-19-20(25)13-16(3)21(22(19)26)23(27)28/h9-10,13,15-16,19,27H,7-8,11-12H2,1-6H3,(H,28,29);9-10,13-14,16-17,25H,7-8,11-12H2,1-6H3,(H,26,27);9-10,13,16-17,25H,1,7-8,11-12H2,2-6H3,(H,26,27);7,13,17-18,25-26H,2,8-12H2,1,3-6H3,(H,27,28)/b;;;14-7+/t15-,16+,19+,24?,25+;14-,16+,17-,23?,24-;16-,17+,23?,24+;17-,18+,24+/m1011/s1. The molecular formula is C97H134O18. The van der Waals surface area contributed by atoms with Crippen molar-refractivity contribution < 1.29 is 88.9 Å². The number of fused-ring (bicyclic) bond motifs is 3. The summed E-state index contributed by atoms with van der Waals surface area (Å²) in [5.41, 5.74) is 6.05. The number of benzene rings is 4. The summed E-state index contributed by atoms with van der Waals surface area (Å²) in [7, 11) is 0. The molecular weight excluding hydrogens is 1450 g/mol. The van der Waals surface area contributed by atoms with Crippen molar-refractivity contribution in [3.63, 3.8) is 0 Å². The van der Waals surface area contributed by atoms with E-state index in [9.17, 15) is 69.9 Å². The van der Waals surface area contributed by atoms with Crippen molar-refractivity contribution in [3.8, 4) is 46.0 Å². The normalized spacial score (nSPS) is 31.1. The topological polar surface area (TPSA) is 304 Å². The van der Waals surface area contributed by atoms with Gasteiger partial charge in [-0.1, -0.05) is 132 Å². The molecule has 9 N–H and O–H groups in total. The lowest BCUT2D eigenvalue weighted by Crippen LogP contribution is -2.46. The maximum atomic E-state index is 11.5. The predicted molar refractivity (Wildman–Crippen MR) is 455 cm³/mol. The lowest BCUT2D eigenvalue weighted by Gasteiger charge is -2.49. The van der Waals surface area contributed by atoms with Crippen LogP contribution in [0.25, 0.3) is 18.2 Å². The van der Waals surface area contributed by atoms with E-state index in [1.165, 1.54) is 55.4 Å². The Hall–Kier alpha value is -8.93. The molecule has 0 bridgehead atoms. The molecule has 3 unspecified atom stereocenters. The van der Waals surface area contributed by atoms with Crippen molar-refractivity contribution in [2.45, 2.75) is 284 Å². The van der Waals surface area contributed by atoms with E-state index >= 15 is 0 Å². The summed E-state index contributed by atoms with van der Waals surface area (Å²) in [6.45, 7) is 55.1. The monoisotopic (exact) mass is 1590 g/mol. The van der Waals surface area contributed by atoms with Gasteiger partial charge in [0.15, 0.2) is 0 Å². The van der Waals surface area contributed by atoms with E-state index in [0.29, 0.717) is 104 Å². The number of carbonyl (C=O) groups excluding carboxylic acids is 1. The van der Waals surface area contributed by atoms with Gasteiger partial charge in [0.1, 0.15) is 91.2 Å². The van der Waals surface area contributed by atoms with Gasteiger partial charge in [-0.25, -0.2) is 19.2 Å². The van der Waals surface area contributed by atoms with Gasteiger partial charge in [0, 0.05) is 12.5 Å². The number of carboxylic acids is 4. The molecule has 4 aliphatic carbocycles. The SMILES string of the molecule is C=C1CC[C@@H](C)[C@](C)(CC/C(C)=C/Cc2c(O)cc(C)c(C(=O)O)c2O)[C@H]1C.C=C1CC[C@@H](C)[C@](C)(CCC2(C)C=Cc3c(cc(C)c(C(=O)O)c3O)O2)[C@H]1C.CC(=O)O[C@H]1CC[C@@H](C)[C@](C)(CCC2(C)C=Cc3c(cc(C)c(C(=O)O)c3O)O2)[C@H]1C.Cc1cc2c(c(O)c1C(=O)O)C=CC(C)(CC[C@@]1(C)[C@H](C)CC[C@H](C)[C@@H]1C)O2. The van der Waals surface area contributed by atoms with Crippen molar-refractivity contribution >= 4 is 48.1 Å².